The normalized spacial score (nSPS) is 12.5. The van der Waals surface area contributed by atoms with Crippen molar-refractivity contribution in [1.82, 2.24) is 14.6 Å². The molecule has 4 nitrogen and oxygen atoms in total. The highest BCUT2D eigenvalue weighted by Gasteiger charge is 2.15. The van der Waals surface area contributed by atoms with Crippen molar-refractivity contribution in [3.63, 3.8) is 0 Å². The summed E-state index contributed by atoms with van der Waals surface area (Å²) in [6.45, 7) is 8.46. The molecule has 1 unspecified atom stereocenters. The van der Waals surface area contributed by atoms with Gasteiger partial charge in [0, 0.05) is 28.9 Å². The molecule has 22 heavy (non-hydrogen) atoms. The SMILES string of the molecule is CCC(C)Nc1cc(C)nc2c(C)c(-c3ccccc3)nn12. The predicted octanol–water partition coefficient (Wildman–Crippen LogP) is 4.22. The first-order valence-corrected chi connectivity index (χ1v) is 7.79. The molecule has 0 radical (unpaired) electrons. The van der Waals surface area contributed by atoms with Crippen LogP contribution in [0.25, 0.3) is 16.9 Å². The predicted molar refractivity (Wildman–Crippen MR) is 91.3 cm³/mol. The maximum absolute atomic E-state index is 4.80. The Morgan fingerprint density at radius 1 is 1.18 bits per heavy atom. The number of aryl methyl sites for hydroxylation is 2. The van der Waals surface area contributed by atoms with Gasteiger partial charge in [-0.3, -0.25) is 0 Å². The molecule has 0 fully saturated rings. The van der Waals surface area contributed by atoms with Gasteiger partial charge >= 0.3 is 0 Å². The molecule has 0 spiro atoms. The fourth-order valence-corrected chi connectivity index (χ4v) is 2.57. The van der Waals surface area contributed by atoms with Gasteiger partial charge in [-0.25, -0.2) is 4.98 Å². The Balaban J connectivity index is 2.18. The molecule has 2 aromatic heterocycles. The molecule has 0 aliphatic heterocycles. The number of nitrogens with one attached hydrogen (secondary N) is 1. The number of nitrogens with zero attached hydrogens (tertiary/aromatic N) is 3. The summed E-state index contributed by atoms with van der Waals surface area (Å²) in [5, 5.41) is 8.33. The van der Waals surface area contributed by atoms with Crippen molar-refractivity contribution in [2.45, 2.75) is 40.2 Å². The van der Waals surface area contributed by atoms with Crippen molar-refractivity contribution < 1.29 is 0 Å². The number of hydrogen-bond acceptors (Lipinski definition) is 3. The first-order valence-electron chi connectivity index (χ1n) is 7.79. The van der Waals surface area contributed by atoms with E-state index >= 15 is 0 Å². The number of aromatic nitrogens is 3. The standard InChI is InChI=1S/C18H22N4/c1-5-12(2)19-16-11-13(3)20-18-14(4)17(21-22(16)18)15-9-7-6-8-10-15/h6-12,19H,5H2,1-4H3. The van der Waals surface area contributed by atoms with Crippen LogP contribution in [0.3, 0.4) is 0 Å². The minimum atomic E-state index is 0.398. The minimum Gasteiger partial charge on any atom is -0.367 e. The molecule has 114 valence electrons. The largest absolute Gasteiger partial charge is 0.367 e. The topological polar surface area (TPSA) is 42.2 Å². The van der Waals surface area contributed by atoms with E-state index in [1.807, 2.05) is 29.6 Å². The Morgan fingerprint density at radius 2 is 1.91 bits per heavy atom. The van der Waals surface area contributed by atoms with E-state index in [4.69, 9.17) is 5.10 Å². The van der Waals surface area contributed by atoms with Gasteiger partial charge in [0.1, 0.15) is 5.82 Å². The summed E-state index contributed by atoms with van der Waals surface area (Å²) in [7, 11) is 0. The Kier molecular flexibility index (Phi) is 3.84. The zero-order chi connectivity index (χ0) is 15.7. The highest BCUT2D eigenvalue weighted by Crippen LogP contribution is 2.26. The van der Waals surface area contributed by atoms with Crippen LogP contribution in [0.4, 0.5) is 5.82 Å². The van der Waals surface area contributed by atoms with Crippen LogP contribution in [0.15, 0.2) is 36.4 Å². The average Bonchev–Trinajstić information content (AvgIpc) is 2.85. The third-order valence-electron chi connectivity index (χ3n) is 4.00. The summed E-state index contributed by atoms with van der Waals surface area (Å²) in [6, 6.07) is 12.7. The lowest BCUT2D eigenvalue weighted by Crippen LogP contribution is -2.16. The minimum absolute atomic E-state index is 0.398. The number of fused-ring (bicyclic) bond motifs is 1. The monoisotopic (exact) mass is 294 g/mol. The zero-order valence-corrected chi connectivity index (χ0v) is 13.6. The molecular formula is C18H22N4. The Hall–Kier alpha value is -2.36. The van der Waals surface area contributed by atoms with Gasteiger partial charge in [0.2, 0.25) is 0 Å². The molecule has 0 saturated carbocycles. The van der Waals surface area contributed by atoms with Crippen molar-refractivity contribution in [3.8, 4) is 11.3 Å². The van der Waals surface area contributed by atoms with Gasteiger partial charge in [0.25, 0.3) is 0 Å². The van der Waals surface area contributed by atoms with Gasteiger partial charge in [-0.05, 0) is 27.2 Å². The van der Waals surface area contributed by atoms with E-state index in [2.05, 4.69) is 49.3 Å². The summed E-state index contributed by atoms with van der Waals surface area (Å²) in [6.07, 6.45) is 1.06. The van der Waals surface area contributed by atoms with Gasteiger partial charge < -0.3 is 5.32 Å². The molecule has 3 aromatic rings. The van der Waals surface area contributed by atoms with Crippen LogP contribution in [0.1, 0.15) is 31.5 Å². The smallest absolute Gasteiger partial charge is 0.161 e. The molecule has 0 aliphatic rings. The van der Waals surface area contributed by atoms with Gasteiger partial charge in [-0.2, -0.15) is 9.61 Å². The first kappa shape index (κ1) is 14.6. The van der Waals surface area contributed by atoms with Crippen molar-refractivity contribution >= 4 is 11.5 Å². The molecule has 0 aliphatic carbocycles. The van der Waals surface area contributed by atoms with E-state index in [1.165, 1.54) is 0 Å². The highest BCUT2D eigenvalue weighted by molar-refractivity contribution is 5.71. The Labute approximate surface area is 131 Å². The fraction of sp³-hybridized carbons (Fsp3) is 0.333. The van der Waals surface area contributed by atoms with E-state index < -0.39 is 0 Å². The molecular weight excluding hydrogens is 272 g/mol. The summed E-state index contributed by atoms with van der Waals surface area (Å²) < 4.78 is 1.93. The van der Waals surface area contributed by atoms with Gasteiger partial charge in [-0.1, -0.05) is 37.3 Å². The maximum Gasteiger partial charge on any atom is 0.161 e. The fourth-order valence-electron chi connectivity index (χ4n) is 2.57. The third kappa shape index (κ3) is 2.56. The number of hydrogen-bond donors (Lipinski definition) is 1. The molecule has 0 amide bonds. The highest BCUT2D eigenvalue weighted by atomic mass is 15.3. The molecule has 0 saturated heterocycles. The molecule has 1 atom stereocenters. The molecule has 4 heteroatoms. The van der Waals surface area contributed by atoms with Crippen LogP contribution in [0.2, 0.25) is 0 Å². The van der Waals surface area contributed by atoms with Gasteiger partial charge in [0.15, 0.2) is 5.65 Å². The number of anilines is 1. The lowest BCUT2D eigenvalue weighted by Gasteiger charge is -2.14. The molecule has 0 bridgehead atoms. The molecule has 1 aromatic carbocycles. The van der Waals surface area contributed by atoms with Crippen molar-refractivity contribution in [2.75, 3.05) is 5.32 Å². The van der Waals surface area contributed by atoms with Crippen LogP contribution in [0.5, 0.6) is 0 Å². The summed E-state index contributed by atoms with van der Waals surface area (Å²) >= 11 is 0. The van der Waals surface area contributed by atoms with Crippen molar-refractivity contribution in [3.05, 3.63) is 47.7 Å². The van der Waals surface area contributed by atoms with E-state index in [1.54, 1.807) is 0 Å². The first-order chi connectivity index (χ1) is 10.6. The summed E-state index contributed by atoms with van der Waals surface area (Å²) in [5.41, 5.74) is 5.15. The van der Waals surface area contributed by atoms with Gasteiger partial charge in [0.05, 0.1) is 5.69 Å². The second-order valence-electron chi connectivity index (χ2n) is 5.81. The average molecular weight is 294 g/mol. The van der Waals surface area contributed by atoms with Crippen LogP contribution < -0.4 is 5.32 Å². The Bertz CT molecular complexity index is 790. The van der Waals surface area contributed by atoms with E-state index in [0.29, 0.717) is 6.04 Å². The van der Waals surface area contributed by atoms with Crippen LogP contribution in [0, 0.1) is 13.8 Å². The van der Waals surface area contributed by atoms with Gasteiger partial charge in [-0.15, -0.1) is 0 Å². The zero-order valence-electron chi connectivity index (χ0n) is 13.6. The maximum atomic E-state index is 4.80. The second kappa shape index (κ2) is 5.79. The third-order valence-corrected chi connectivity index (χ3v) is 4.00. The van der Waals surface area contributed by atoms with E-state index in [0.717, 1.165) is 40.4 Å². The van der Waals surface area contributed by atoms with Crippen molar-refractivity contribution in [1.29, 1.82) is 0 Å². The summed E-state index contributed by atoms with van der Waals surface area (Å²) in [5.74, 6) is 1.00. The van der Waals surface area contributed by atoms with Crippen LogP contribution in [-0.2, 0) is 0 Å². The lowest BCUT2D eigenvalue weighted by atomic mass is 10.1. The van der Waals surface area contributed by atoms with Crippen LogP contribution in [-0.4, -0.2) is 20.6 Å². The lowest BCUT2D eigenvalue weighted by molar-refractivity contribution is 0.748. The summed E-state index contributed by atoms with van der Waals surface area (Å²) in [4.78, 5) is 4.68. The van der Waals surface area contributed by atoms with E-state index in [9.17, 15) is 0 Å². The van der Waals surface area contributed by atoms with E-state index in [-0.39, 0.29) is 0 Å². The number of rotatable bonds is 4. The molecule has 1 N–H and O–H groups in total. The molecule has 3 rings (SSSR count). The Morgan fingerprint density at radius 3 is 2.59 bits per heavy atom. The number of benzene rings is 1. The second-order valence-corrected chi connectivity index (χ2v) is 5.81. The van der Waals surface area contributed by atoms with Crippen molar-refractivity contribution in [2.24, 2.45) is 0 Å². The van der Waals surface area contributed by atoms with Crippen LogP contribution >= 0.6 is 0 Å². The molecule has 2 heterocycles. The quantitative estimate of drug-likeness (QED) is 0.783.